The molecule has 2 aliphatic heterocycles. The summed E-state index contributed by atoms with van der Waals surface area (Å²) in [5, 5.41) is 11.5. The van der Waals surface area contributed by atoms with E-state index in [-0.39, 0.29) is 22.9 Å². The summed E-state index contributed by atoms with van der Waals surface area (Å²) >= 11 is 0. The smallest absolute Gasteiger partial charge is 0.172 e. The third-order valence-corrected chi connectivity index (χ3v) is 9.99. The Balaban J connectivity index is 1.43. The molecule has 6 aliphatic rings. The topological polar surface area (TPSA) is 57.2 Å². The van der Waals surface area contributed by atoms with Crippen molar-refractivity contribution in [3.63, 3.8) is 0 Å². The molecule has 0 aromatic heterocycles. The first-order valence-corrected chi connectivity index (χ1v) is 11.6. The summed E-state index contributed by atoms with van der Waals surface area (Å²) in [4.78, 5) is 0. The molecule has 0 radical (unpaired) electrons. The van der Waals surface area contributed by atoms with E-state index in [0.717, 1.165) is 32.1 Å². The Hall–Kier alpha value is -0.200. The fourth-order valence-corrected chi connectivity index (χ4v) is 8.79. The first-order chi connectivity index (χ1) is 13.4. The van der Waals surface area contributed by atoms with Gasteiger partial charge >= 0.3 is 0 Å². The highest BCUT2D eigenvalue weighted by Gasteiger charge is 2.70. The Morgan fingerprint density at radius 3 is 2.25 bits per heavy atom. The zero-order valence-electron chi connectivity index (χ0n) is 17.5. The highest BCUT2D eigenvalue weighted by Crippen LogP contribution is 2.70. The molecule has 0 unspecified atom stereocenters. The minimum absolute atomic E-state index is 0.106. The van der Waals surface area contributed by atoms with Crippen molar-refractivity contribution in [3.05, 3.63) is 0 Å². The third kappa shape index (κ3) is 2.31. The van der Waals surface area contributed by atoms with Crippen LogP contribution in [0.3, 0.4) is 0 Å². The van der Waals surface area contributed by atoms with E-state index in [4.69, 9.17) is 18.9 Å². The van der Waals surface area contributed by atoms with Crippen LogP contribution in [0.25, 0.3) is 0 Å². The fourth-order valence-electron chi connectivity index (χ4n) is 8.79. The maximum atomic E-state index is 11.5. The number of hydrogen-bond donors (Lipinski definition) is 1. The van der Waals surface area contributed by atoms with E-state index >= 15 is 0 Å². The second-order valence-corrected chi connectivity index (χ2v) is 11.2. The summed E-state index contributed by atoms with van der Waals surface area (Å²) in [5.41, 5.74) is 0.342. The lowest BCUT2D eigenvalue weighted by atomic mass is 9.42. The van der Waals surface area contributed by atoms with E-state index in [1.165, 1.54) is 19.3 Å². The quantitative estimate of drug-likeness (QED) is 0.684. The zero-order valence-corrected chi connectivity index (χ0v) is 17.5. The normalized spacial score (nSPS) is 53.9. The van der Waals surface area contributed by atoms with Crippen LogP contribution in [0.1, 0.15) is 65.2 Å². The Bertz CT molecular complexity index is 639. The molecule has 5 heteroatoms. The van der Waals surface area contributed by atoms with Gasteiger partial charge in [0.2, 0.25) is 0 Å². The zero-order chi connectivity index (χ0) is 19.2. The largest absolute Gasteiger partial charge is 0.393 e. The van der Waals surface area contributed by atoms with E-state index in [1.54, 1.807) is 0 Å². The Kier molecular flexibility index (Phi) is 3.94. The highest BCUT2D eigenvalue weighted by molar-refractivity contribution is 5.16. The second kappa shape index (κ2) is 5.94. The molecule has 7 atom stereocenters. The van der Waals surface area contributed by atoms with Crippen molar-refractivity contribution in [3.8, 4) is 0 Å². The number of fused-ring (bicyclic) bond motifs is 6. The van der Waals surface area contributed by atoms with Gasteiger partial charge in [0.15, 0.2) is 11.6 Å². The van der Waals surface area contributed by atoms with Crippen molar-refractivity contribution in [1.82, 2.24) is 0 Å². The van der Waals surface area contributed by atoms with Crippen molar-refractivity contribution < 1.29 is 24.1 Å². The van der Waals surface area contributed by atoms with Crippen LogP contribution in [0.4, 0.5) is 0 Å². The van der Waals surface area contributed by atoms with Gasteiger partial charge in [0.05, 0.1) is 32.5 Å². The van der Waals surface area contributed by atoms with Gasteiger partial charge < -0.3 is 24.1 Å². The predicted molar refractivity (Wildman–Crippen MR) is 102 cm³/mol. The minimum atomic E-state index is -0.510. The molecular formula is C23H36O5. The molecule has 2 spiro atoms. The number of rotatable bonds is 0. The van der Waals surface area contributed by atoms with Gasteiger partial charge in [-0.1, -0.05) is 20.3 Å². The van der Waals surface area contributed by atoms with Crippen molar-refractivity contribution in [1.29, 1.82) is 0 Å². The lowest BCUT2D eigenvalue weighted by Crippen LogP contribution is -2.67. The Morgan fingerprint density at radius 1 is 0.786 bits per heavy atom. The number of ether oxygens (including phenoxy) is 4. The highest BCUT2D eigenvalue weighted by atomic mass is 16.7. The van der Waals surface area contributed by atoms with Crippen LogP contribution in [0.2, 0.25) is 0 Å². The molecule has 1 N–H and O–H groups in total. The molecule has 2 heterocycles. The molecule has 28 heavy (non-hydrogen) atoms. The van der Waals surface area contributed by atoms with Gasteiger partial charge in [-0.15, -0.1) is 0 Å². The molecular weight excluding hydrogens is 356 g/mol. The van der Waals surface area contributed by atoms with Gasteiger partial charge in [-0.25, -0.2) is 0 Å². The molecule has 0 amide bonds. The summed E-state index contributed by atoms with van der Waals surface area (Å²) in [5.74, 6) is 0.652. The van der Waals surface area contributed by atoms with Gasteiger partial charge in [0, 0.05) is 25.2 Å². The molecule has 0 bridgehead atoms. The van der Waals surface area contributed by atoms with E-state index in [9.17, 15) is 5.11 Å². The van der Waals surface area contributed by atoms with Crippen LogP contribution in [-0.4, -0.2) is 49.2 Å². The van der Waals surface area contributed by atoms with E-state index in [2.05, 4.69) is 13.8 Å². The van der Waals surface area contributed by atoms with Gasteiger partial charge in [-0.3, -0.25) is 0 Å². The average molecular weight is 393 g/mol. The van der Waals surface area contributed by atoms with Crippen LogP contribution in [0.15, 0.2) is 0 Å². The molecule has 0 aromatic carbocycles. The van der Waals surface area contributed by atoms with Crippen LogP contribution >= 0.6 is 0 Å². The number of aliphatic hydroxyl groups is 1. The molecule has 6 rings (SSSR count). The van der Waals surface area contributed by atoms with Crippen molar-refractivity contribution >= 4 is 0 Å². The summed E-state index contributed by atoms with van der Waals surface area (Å²) in [6.07, 6.45) is 8.31. The summed E-state index contributed by atoms with van der Waals surface area (Å²) in [7, 11) is 0. The molecule has 158 valence electrons. The summed E-state index contributed by atoms with van der Waals surface area (Å²) in [6.45, 7) is 7.64. The fraction of sp³-hybridized carbons (Fsp3) is 1.00. The predicted octanol–water partition coefficient (Wildman–Crippen LogP) is 3.49. The summed E-state index contributed by atoms with van der Waals surface area (Å²) in [6, 6.07) is 0. The molecule has 4 aliphatic carbocycles. The van der Waals surface area contributed by atoms with Gasteiger partial charge in [0.25, 0.3) is 0 Å². The van der Waals surface area contributed by atoms with Gasteiger partial charge in [-0.05, 0) is 54.3 Å². The first kappa shape index (κ1) is 18.6. The SMILES string of the molecule is C[C@]12CCC[C@@H]1[C@@H]1[C@H]([C@H](O)C2)[C@]2(C)CCC3(C[C@@H]2CC12OCCO2)OCCO3. The Morgan fingerprint density at radius 2 is 1.50 bits per heavy atom. The number of hydrogen-bond acceptors (Lipinski definition) is 5. The molecule has 4 saturated carbocycles. The van der Waals surface area contributed by atoms with E-state index < -0.39 is 11.6 Å². The maximum Gasteiger partial charge on any atom is 0.172 e. The minimum Gasteiger partial charge on any atom is -0.393 e. The lowest BCUT2D eigenvalue weighted by molar-refractivity contribution is -0.327. The van der Waals surface area contributed by atoms with Crippen molar-refractivity contribution in [2.45, 2.75) is 82.9 Å². The molecule has 6 fully saturated rings. The van der Waals surface area contributed by atoms with Crippen molar-refractivity contribution in [2.75, 3.05) is 26.4 Å². The maximum absolute atomic E-state index is 11.5. The monoisotopic (exact) mass is 392 g/mol. The Labute approximate surface area is 168 Å². The van der Waals surface area contributed by atoms with Crippen LogP contribution in [0, 0.1) is 34.5 Å². The number of aliphatic hydroxyl groups excluding tert-OH is 1. The molecule has 5 nitrogen and oxygen atoms in total. The standard InChI is InChI=1S/C23H36O5/c1-20-5-3-4-16(20)18-19(17(24)14-20)21(2)6-7-22(25-8-9-26-22)12-15(21)13-23(18)27-10-11-28-23/h15-19,24H,3-14H2,1-2H3/t15-,16-,17-,18-,19+,20-,21-/m1/s1. The molecule has 2 saturated heterocycles. The van der Waals surface area contributed by atoms with Crippen molar-refractivity contribution in [2.24, 2.45) is 34.5 Å². The van der Waals surface area contributed by atoms with E-state index in [1.807, 2.05) is 0 Å². The van der Waals surface area contributed by atoms with Crippen LogP contribution in [0.5, 0.6) is 0 Å². The lowest BCUT2D eigenvalue weighted by Gasteiger charge is -2.66. The summed E-state index contributed by atoms with van der Waals surface area (Å²) < 4.78 is 25.2. The van der Waals surface area contributed by atoms with Crippen LogP contribution < -0.4 is 0 Å². The third-order valence-electron chi connectivity index (χ3n) is 9.99. The van der Waals surface area contributed by atoms with Crippen LogP contribution in [-0.2, 0) is 18.9 Å². The second-order valence-electron chi connectivity index (χ2n) is 11.2. The van der Waals surface area contributed by atoms with Gasteiger partial charge in [0.1, 0.15) is 0 Å². The van der Waals surface area contributed by atoms with Gasteiger partial charge in [-0.2, -0.15) is 0 Å². The average Bonchev–Trinajstić information content (AvgIpc) is 3.37. The first-order valence-electron chi connectivity index (χ1n) is 11.6. The molecule has 0 aromatic rings. The van der Waals surface area contributed by atoms with E-state index in [0.29, 0.717) is 44.2 Å².